The Morgan fingerprint density at radius 1 is 0.941 bits per heavy atom. The molecule has 0 heterocycles. The highest BCUT2D eigenvalue weighted by Crippen LogP contribution is 2.23. The van der Waals surface area contributed by atoms with Crippen LogP contribution in [0.3, 0.4) is 0 Å². The van der Waals surface area contributed by atoms with E-state index < -0.39 is 18.1 Å². The molecule has 0 amide bonds. The average Bonchev–Trinajstić information content (AvgIpc) is 3.03. The van der Waals surface area contributed by atoms with Crippen molar-refractivity contribution in [1.82, 2.24) is 0 Å². The largest absolute Gasteiger partial charge is 0.453 e. The van der Waals surface area contributed by atoms with E-state index in [9.17, 15) is 0 Å². The van der Waals surface area contributed by atoms with Gasteiger partial charge < -0.3 is 4.12 Å². The van der Waals surface area contributed by atoms with E-state index in [-0.39, 0.29) is 0 Å². The zero-order valence-electron chi connectivity index (χ0n) is 10.9. The van der Waals surface area contributed by atoms with Gasteiger partial charge in [0.05, 0.1) is 0 Å². The molecule has 0 spiro atoms. The van der Waals surface area contributed by atoms with E-state index in [2.05, 4.69) is 50.3 Å². The Balaban J connectivity index is 1.96. The zero-order valence-corrected chi connectivity index (χ0v) is 13.2. The van der Waals surface area contributed by atoms with Gasteiger partial charge in [-0.15, -0.1) is 0 Å². The van der Waals surface area contributed by atoms with Crippen LogP contribution >= 0.6 is 0 Å². The Labute approximate surface area is 108 Å². The van der Waals surface area contributed by atoms with Gasteiger partial charge in [-0.2, -0.15) is 0 Å². The van der Waals surface area contributed by atoms with E-state index in [1.165, 1.54) is 12.1 Å². The molecule has 3 heteroatoms. The van der Waals surface area contributed by atoms with Gasteiger partial charge >= 0.3 is 0 Å². The van der Waals surface area contributed by atoms with Crippen LogP contribution in [-0.2, 0) is 4.12 Å². The van der Waals surface area contributed by atoms with Gasteiger partial charge in [-0.3, -0.25) is 0 Å². The molecule has 2 aliphatic rings. The summed E-state index contributed by atoms with van der Waals surface area (Å²) < 4.78 is 6.58. The molecule has 0 saturated heterocycles. The minimum Gasteiger partial charge on any atom is -0.453 e. The number of hydrogen-bond donors (Lipinski definition) is 0. The number of hydrogen-bond acceptors (Lipinski definition) is 1. The van der Waals surface area contributed by atoms with Crippen molar-refractivity contribution in [1.29, 1.82) is 0 Å². The summed E-state index contributed by atoms with van der Waals surface area (Å²) >= 11 is 0. The van der Waals surface area contributed by atoms with E-state index >= 15 is 0 Å². The van der Waals surface area contributed by atoms with Gasteiger partial charge in [0, 0.05) is 0 Å². The topological polar surface area (TPSA) is 9.23 Å². The molecule has 0 saturated carbocycles. The van der Waals surface area contributed by atoms with Crippen LogP contribution in [0.15, 0.2) is 46.8 Å². The summed E-state index contributed by atoms with van der Waals surface area (Å²) in [6.45, 7) is 4.58. The van der Waals surface area contributed by atoms with E-state index in [1.54, 1.807) is 10.4 Å². The first-order valence-electron chi connectivity index (χ1n) is 6.71. The molecule has 17 heavy (non-hydrogen) atoms. The molecule has 2 rings (SSSR count). The van der Waals surface area contributed by atoms with Crippen LogP contribution in [0.1, 0.15) is 26.7 Å². The first-order valence-corrected chi connectivity index (χ1v) is 10.4. The normalized spacial score (nSPS) is 21.5. The molecule has 2 aliphatic carbocycles. The van der Waals surface area contributed by atoms with Gasteiger partial charge in [0.15, 0.2) is 18.1 Å². The van der Waals surface area contributed by atoms with Gasteiger partial charge in [-0.05, 0) is 24.9 Å². The molecule has 0 aromatic carbocycles. The molecule has 0 bridgehead atoms. The molecular weight excluding hydrogens is 240 g/mol. The molecule has 92 valence electrons. The van der Waals surface area contributed by atoms with Crippen molar-refractivity contribution in [2.45, 2.75) is 38.8 Å². The smallest absolute Gasteiger partial charge is 0.191 e. The summed E-state index contributed by atoms with van der Waals surface area (Å²) in [7, 11) is -2.21. The summed E-state index contributed by atoms with van der Waals surface area (Å²) in [6.07, 6.45) is 15.8. The van der Waals surface area contributed by atoms with Gasteiger partial charge in [-0.1, -0.05) is 60.7 Å². The number of allylic oxidation sites excluding steroid dienone is 8. The second-order valence-corrected chi connectivity index (χ2v) is 10.8. The van der Waals surface area contributed by atoms with Crippen molar-refractivity contribution in [3.05, 3.63) is 46.8 Å². The molecule has 0 radical (unpaired) electrons. The standard InChI is InChI=1S/C14H22OSi2/c1-3-16(13-9-5-6-10-13)15-17(4-2)14-11-7-8-12-14/h5-9,11,16-17H,3-4,10,12H2,1-2H3. The molecule has 0 N–H and O–H groups in total. The Hall–Kier alpha value is -0.646. The van der Waals surface area contributed by atoms with E-state index in [1.807, 2.05) is 0 Å². The van der Waals surface area contributed by atoms with Gasteiger partial charge in [0.1, 0.15) is 0 Å². The average molecular weight is 263 g/mol. The van der Waals surface area contributed by atoms with E-state index in [0.29, 0.717) is 0 Å². The summed E-state index contributed by atoms with van der Waals surface area (Å²) in [4.78, 5) is 0. The van der Waals surface area contributed by atoms with Crippen LogP contribution in [0.25, 0.3) is 0 Å². The van der Waals surface area contributed by atoms with Crippen molar-refractivity contribution in [2.75, 3.05) is 0 Å². The second-order valence-electron chi connectivity index (χ2n) is 4.68. The van der Waals surface area contributed by atoms with Crippen molar-refractivity contribution < 1.29 is 4.12 Å². The monoisotopic (exact) mass is 262 g/mol. The predicted octanol–water partition coefficient (Wildman–Crippen LogP) is 3.34. The lowest BCUT2D eigenvalue weighted by Crippen LogP contribution is -2.31. The Kier molecular flexibility index (Phi) is 4.77. The van der Waals surface area contributed by atoms with E-state index in [4.69, 9.17) is 4.12 Å². The third-order valence-corrected chi connectivity index (χ3v) is 10.1. The fraction of sp³-hybridized carbons (Fsp3) is 0.429. The summed E-state index contributed by atoms with van der Waals surface area (Å²) in [6, 6.07) is 2.47. The highest BCUT2D eigenvalue weighted by Gasteiger charge is 2.23. The third kappa shape index (κ3) is 3.18. The first-order chi connectivity index (χ1) is 8.35. The minimum atomic E-state index is -1.11. The molecule has 2 unspecified atom stereocenters. The maximum atomic E-state index is 6.58. The van der Waals surface area contributed by atoms with Crippen LogP contribution in [0.4, 0.5) is 0 Å². The molecule has 0 aromatic heterocycles. The molecule has 2 atom stereocenters. The summed E-state index contributed by atoms with van der Waals surface area (Å²) in [5.74, 6) is 0. The van der Waals surface area contributed by atoms with Crippen LogP contribution in [0.5, 0.6) is 0 Å². The zero-order chi connectivity index (χ0) is 12.1. The number of rotatable bonds is 6. The Morgan fingerprint density at radius 2 is 1.41 bits per heavy atom. The van der Waals surface area contributed by atoms with Crippen LogP contribution in [0.2, 0.25) is 12.1 Å². The maximum Gasteiger partial charge on any atom is 0.191 e. The predicted molar refractivity (Wildman–Crippen MR) is 80.0 cm³/mol. The van der Waals surface area contributed by atoms with Crippen molar-refractivity contribution in [2.24, 2.45) is 0 Å². The summed E-state index contributed by atoms with van der Waals surface area (Å²) in [5, 5.41) is 3.20. The second kappa shape index (κ2) is 6.33. The lowest BCUT2D eigenvalue weighted by molar-refractivity contribution is 0.592. The van der Waals surface area contributed by atoms with Crippen molar-refractivity contribution in [3.63, 3.8) is 0 Å². The Morgan fingerprint density at radius 3 is 1.71 bits per heavy atom. The van der Waals surface area contributed by atoms with Gasteiger partial charge in [0.25, 0.3) is 0 Å². The summed E-state index contributed by atoms with van der Waals surface area (Å²) in [5.41, 5.74) is 0. The van der Waals surface area contributed by atoms with Crippen LogP contribution < -0.4 is 0 Å². The Bertz CT molecular complexity index is 344. The molecule has 0 aromatic rings. The lowest BCUT2D eigenvalue weighted by Gasteiger charge is -2.24. The lowest BCUT2D eigenvalue weighted by atomic mass is 10.5. The van der Waals surface area contributed by atoms with Crippen molar-refractivity contribution in [3.8, 4) is 0 Å². The quantitative estimate of drug-likeness (QED) is 0.667. The fourth-order valence-electron chi connectivity index (χ4n) is 2.50. The fourth-order valence-corrected chi connectivity index (χ4v) is 9.52. The first kappa shape index (κ1) is 12.8. The van der Waals surface area contributed by atoms with Crippen LogP contribution in [0, 0.1) is 0 Å². The minimum absolute atomic E-state index is 1.11. The molecule has 1 nitrogen and oxygen atoms in total. The third-order valence-electron chi connectivity index (χ3n) is 3.50. The maximum absolute atomic E-state index is 6.58. The van der Waals surface area contributed by atoms with Gasteiger partial charge in [-0.25, -0.2) is 0 Å². The van der Waals surface area contributed by atoms with Crippen LogP contribution in [-0.4, -0.2) is 18.1 Å². The molecular formula is C14H22OSi2. The van der Waals surface area contributed by atoms with Gasteiger partial charge in [0.2, 0.25) is 0 Å². The molecule has 0 aliphatic heterocycles. The highest BCUT2D eigenvalue weighted by molar-refractivity contribution is 6.74. The van der Waals surface area contributed by atoms with Crippen molar-refractivity contribution >= 4 is 18.1 Å². The highest BCUT2D eigenvalue weighted by atomic mass is 28.4. The molecule has 0 fully saturated rings. The SMILES string of the molecule is CC[SiH](O[SiH](CC)C1=CC=CC1)C1=CC=CC1. The van der Waals surface area contributed by atoms with E-state index in [0.717, 1.165) is 12.8 Å².